The van der Waals surface area contributed by atoms with Gasteiger partial charge in [-0.05, 0) is 38.1 Å². The lowest BCUT2D eigenvalue weighted by Crippen LogP contribution is -2.58. The molecule has 1 aliphatic heterocycles. The molecule has 3 amide bonds. The summed E-state index contributed by atoms with van der Waals surface area (Å²) < 4.78 is 0. The number of hydrogen-bond donors (Lipinski definition) is 3. The summed E-state index contributed by atoms with van der Waals surface area (Å²) in [5, 5.41) is 15.1. The van der Waals surface area contributed by atoms with Crippen molar-refractivity contribution >= 4 is 17.9 Å². The summed E-state index contributed by atoms with van der Waals surface area (Å²) in [5.41, 5.74) is -0.403. The largest absolute Gasteiger partial charge is 0.480 e. The van der Waals surface area contributed by atoms with E-state index >= 15 is 0 Å². The molecule has 1 saturated heterocycles. The number of aliphatic carboxylic acids is 1. The average Bonchev–Trinajstić information content (AvgIpc) is 2.59. The highest BCUT2D eigenvalue weighted by molar-refractivity contribution is 5.81. The van der Waals surface area contributed by atoms with Gasteiger partial charge in [0.25, 0.3) is 0 Å². The number of piperidine rings is 1. The number of urea groups is 1. The highest BCUT2D eigenvalue weighted by atomic mass is 16.4. The molecule has 8 nitrogen and oxygen atoms in total. The van der Waals surface area contributed by atoms with Crippen LogP contribution in [0.2, 0.25) is 0 Å². The van der Waals surface area contributed by atoms with E-state index in [-0.39, 0.29) is 36.5 Å². The molecule has 2 rings (SSSR count). The first-order valence-electron chi connectivity index (χ1n) is 10.4. The van der Waals surface area contributed by atoms with Crippen molar-refractivity contribution in [3.05, 3.63) is 0 Å². The zero-order chi connectivity index (χ0) is 20.9. The molecule has 3 N–H and O–H groups in total. The minimum Gasteiger partial charge on any atom is -0.480 e. The molecule has 1 heterocycles. The smallest absolute Gasteiger partial charge is 0.317 e. The number of carboxylic acid groups (broad SMARTS) is 1. The molecular weight excluding hydrogens is 360 g/mol. The Balaban J connectivity index is 1.73. The van der Waals surface area contributed by atoms with Gasteiger partial charge >= 0.3 is 12.0 Å². The molecule has 0 aromatic rings. The predicted octanol–water partition coefficient (Wildman–Crippen LogP) is 1.51. The van der Waals surface area contributed by atoms with E-state index in [2.05, 4.69) is 10.6 Å². The molecule has 0 spiro atoms. The Morgan fingerprint density at radius 3 is 2.46 bits per heavy atom. The summed E-state index contributed by atoms with van der Waals surface area (Å²) in [7, 11) is 0. The highest BCUT2D eigenvalue weighted by Crippen LogP contribution is 2.26. The first-order chi connectivity index (χ1) is 13.1. The molecule has 1 saturated carbocycles. The third-order valence-corrected chi connectivity index (χ3v) is 5.74. The van der Waals surface area contributed by atoms with Crippen LogP contribution in [0, 0.1) is 11.3 Å². The van der Waals surface area contributed by atoms with Crippen molar-refractivity contribution in [2.75, 3.05) is 32.7 Å². The van der Waals surface area contributed by atoms with Crippen molar-refractivity contribution in [2.45, 2.75) is 65.5 Å². The molecule has 8 heteroatoms. The quantitative estimate of drug-likeness (QED) is 0.605. The van der Waals surface area contributed by atoms with Gasteiger partial charge in [-0.25, -0.2) is 4.79 Å². The molecule has 160 valence electrons. The summed E-state index contributed by atoms with van der Waals surface area (Å²) in [6.45, 7) is 10.4. The van der Waals surface area contributed by atoms with E-state index in [1.165, 1.54) is 0 Å². The molecule has 2 fully saturated rings. The minimum atomic E-state index is -0.813. The fourth-order valence-corrected chi connectivity index (χ4v) is 3.86. The number of carbonyl (C=O) groups excluding carboxylic acids is 2. The number of nitrogens with one attached hydrogen (secondary N) is 2. The number of hydrogen-bond acceptors (Lipinski definition) is 4. The van der Waals surface area contributed by atoms with Gasteiger partial charge < -0.3 is 20.6 Å². The van der Waals surface area contributed by atoms with E-state index in [9.17, 15) is 14.4 Å². The molecular formula is C20H36N4O4. The van der Waals surface area contributed by atoms with Gasteiger partial charge in [0.1, 0.15) is 0 Å². The Morgan fingerprint density at radius 1 is 1.21 bits per heavy atom. The Labute approximate surface area is 168 Å². The van der Waals surface area contributed by atoms with Gasteiger partial charge in [-0.3, -0.25) is 14.5 Å². The second-order valence-electron chi connectivity index (χ2n) is 9.14. The molecule has 1 atom stereocenters. The standard InChI is InChI=1S/C20H36N4O4/c1-5-23(13-17(25)26)16-9-15(10-16)22-19(28)24-8-6-7-14(12-24)11-21-18(27)20(2,3)4/h14-16H,5-13H2,1-4H3,(H,21,27)(H,22,28)(H,25,26). The van der Waals surface area contributed by atoms with Gasteiger partial charge in [-0.2, -0.15) is 0 Å². The normalized spacial score (nSPS) is 25.2. The monoisotopic (exact) mass is 396 g/mol. The first-order valence-corrected chi connectivity index (χ1v) is 10.4. The Kier molecular flexibility index (Phi) is 7.69. The lowest BCUT2D eigenvalue weighted by molar-refractivity contribution is -0.139. The Bertz CT molecular complexity index is 569. The van der Waals surface area contributed by atoms with E-state index in [0.717, 1.165) is 32.2 Å². The van der Waals surface area contributed by atoms with Gasteiger partial charge in [-0.15, -0.1) is 0 Å². The topological polar surface area (TPSA) is 102 Å². The van der Waals surface area contributed by atoms with E-state index in [4.69, 9.17) is 5.11 Å². The number of likely N-dealkylation sites (tertiary alicyclic amines) is 1. The third-order valence-electron chi connectivity index (χ3n) is 5.74. The minimum absolute atomic E-state index is 0.0384. The molecule has 0 aromatic heterocycles. The van der Waals surface area contributed by atoms with E-state index < -0.39 is 11.4 Å². The predicted molar refractivity (Wildman–Crippen MR) is 107 cm³/mol. The zero-order valence-corrected chi connectivity index (χ0v) is 17.7. The molecule has 2 aliphatic rings. The second-order valence-corrected chi connectivity index (χ2v) is 9.14. The van der Waals surface area contributed by atoms with Gasteiger partial charge in [0.15, 0.2) is 0 Å². The van der Waals surface area contributed by atoms with Crippen molar-refractivity contribution in [2.24, 2.45) is 11.3 Å². The number of carboxylic acids is 1. The van der Waals surface area contributed by atoms with E-state index in [1.54, 1.807) is 0 Å². The number of likely N-dealkylation sites (N-methyl/N-ethyl adjacent to an activating group) is 1. The lowest BCUT2D eigenvalue weighted by atomic mass is 9.85. The zero-order valence-electron chi connectivity index (χ0n) is 17.7. The van der Waals surface area contributed by atoms with Crippen LogP contribution in [0.5, 0.6) is 0 Å². The van der Waals surface area contributed by atoms with Gasteiger partial charge in [0.2, 0.25) is 5.91 Å². The molecule has 0 bridgehead atoms. The maximum absolute atomic E-state index is 12.6. The number of nitrogens with zero attached hydrogens (tertiary/aromatic N) is 2. The Morgan fingerprint density at radius 2 is 1.89 bits per heavy atom. The average molecular weight is 397 g/mol. The number of rotatable bonds is 7. The maximum atomic E-state index is 12.6. The van der Waals surface area contributed by atoms with Crippen LogP contribution in [-0.2, 0) is 9.59 Å². The second kappa shape index (κ2) is 9.58. The Hall–Kier alpha value is -1.83. The molecule has 28 heavy (non-hydrogen) atoms. The molecule has 1 aliphatic carbocycles. The van der Waals surface area contributed by atoms with Gasteiger partial charge in [0.05, 0.1) is 6.54 Å². The van der Waals surface area contributed by atoms with Crippen LogP contribution in [0.15, 0.2) is 0 Å². The highest BCUT2D eigenvalue weighted by Gasteiger charge is 2.36. The molecule has 1 unspecified atom stereocenters. The van der Waals surface area contributed by atoms with Gasteiger partial charge in [-0.1, -0.05) is 27.7 Å². The first kappa shape index (κ1) is 22.5. The fraction of sp³-hybridized carbons (Fsp3) is 0.850. The van der Waals surface area contributed by atoms with Crippen LogP contribution in [0.3, 0.4) is 0 Å². The fourth-order valence-electron chi connectivity index (χ4n) is 3.86. The van der Waals surface area contributed by atoms with Gasteiger partial charge in [0, 0.05) is 37.1 Å². The van der Waals surface area contributed by atoms with Crippen LogP contribution in [-0.4, -0.2) is 77.6 Å². The van der Waals surface area contributed by atoms with Crippen LogP contribution in [0.1, 0.15) is 53.4 Å². The summed E-state index contributed by atoms with van der Waals surface area (Å²) in [4.78, 5) is 39.3. The number of amides is 3. The van der Waals surface area contributed by atoms with Crippen molar-refractivity contribution in [3.8, 4) is 0 Å². The summed E-state index contributed by atoms with van der Waals surface area (Å²) in [6, 6.07) is 0.297. The van der Waals surface area contributed by atoms with Crippen LogP contribution in [0.4, 0.5) is 4.79 Å². The van der Waals surface area contributed by atoms with Crippen LogP contribution >= 0.6 is 0 Å². The van der Waals surface area contributed by atoms with Crippen molar-refractivity contribution in [1.82, 2.24) is 20.4 Å². The van der Waals surface area contributed by atoms with Crippen molar-refractivity contribution < 1.29 is 19.5 Å². The maximum Gasteiger partial charge on any atom is 0.317 e. The molecule has 0 aromatic carbocycles. The van der Waals surface area contributed by atoms with E-state index in [1.807, 2.05) is 37.5 Å². The lowest BCUT2D eigenvalue weighted by Gasteiger charge is -2.43. The summed E-state index contributed by atoms with van der Waals surface area (Å²) >= 11 is 0. The number of carbonyl (C=O) groups is 3. The molecule has 0 radical (unpaired) electrons. The van der Waals surface area contributed by atoms with E-state index in [0.29, 0.717) is 19.6 Å². The van der Waals surface area contributed by atoms with Crippen molar-refractivity contribution in [1.29, 1.82) is 0 Å². The third kappa shape index (κ3) is 6.36. The summed E-state index contributed by atoms with van der Waals surface area (Å²) in [5.74, 6) is -0.491. The van der Waals surface area contributed by atoms with Crippen LogP contribution < -0.4 is 10.6 Å². The van der Waals surface area contributed by atoms with Crippen LogP contribution in [0.25, 0.3) is 0 Å². The van der Waals surface area contributed by atoms with Crippen molar-refractivity contribution in [3.63, 3.8) is 0 Å². The summed E-state index contributed by atoms with van der Waals surface area (Å²) in [6.07, 6.45) is 3.55. The SMILES string of the molecule is CCN(CC(=O)O)C1CC(NC(=O)N2CCCC(CNC(=O)C(C)(C)C)C2)C1.